The predicted molar refractivity (Wildman–Crippen MR) is 71.5 cm³/mol. The molecule has 0 radical (unpaired) electrons. The highest BCUT2D eigenvalue weighted by molar-refractivity contribution is 5.87. The number of carbonyl (C=O) groups is 2. The number of amides is 2. The second-order valence-corrected chi connectivity index (χ2v) is 5.80. The summed E-state index contributed by atoms with van der Waals surface area (Å²) < 4.78 is 5.04. The maximum absolute atomic E-state index is 12.0. The number of nitrogens with one attached hydrogen (secondary N) is 2. The van der Waals surface area contributed by atoms with E-state index < -0.39 is 6.10 Å². The Morgan fingerprint density at radius 1 is 1.21 bits per heavy atom. The summed E-state index contributed by atoms with van der Waals surface area (Å²) in [7, 11) is 1.53. The number of hydrogen-bond donors (Lipinski definition) is 2. The van der Waals surface area contributed by atoms with E-state index in [9.17, 15) is 9.59 Å². The van der Waals surface area contributed by atoms with E-state index in [-0.39, 0.29) is 22.9 Å². The van der Waals surface area contributed by atoms with Crippen molar-refractivity contribution in [2.24, 2.45) is 0 Å². The van der Waals surface area contributed by atoms with Crippen LogP contribution in [-0.4, -0.2) is 36.1 Å². The van der Waals surface area contributed by atoms with Gasteiger partial charge in [0.2, 0.25) is 11.8 Å². The monoisotopic (exact) mass is 266 g/mol. The summed E-state index contributed by atoms with van der Waals surface area (Å²) in [5.41, 5.74) is -0.326. The van der Waals surface area contributed by atoms with E-state index in [0.29, 0.717) is 0 Å². The van der Waals surface area contributed by atoms with Crippen molar-refractivity contribution >= 4 is 11.8 Å². The molecule has 0 aromatic carbocycles. The summed E-state index contributed by atoms with van der Waals surface area (Å²) in [6, 6.07) is 0. The molecule has 0 unspecified atom stereocenters. The van der Waals surface area contributed by atoms with Crippen LogP contribution in [0.1, 0.15) is 39.0 Å². The van der Waals surface area contributed by atoms with Crippen LogP contribution in [0.2, 0.25) is 0 Å². The summed E-state index contributed by atoms with van der Waals surface area (Å²) in [5, 5.41) is 6.14. The first-order valence-corrected chi connectivity index (χ1v) is 6.74. The number of ether oxygens (including phenoxy) is 1. The lowest BCUT2D eigenvalue weighted by Gasteiger charge is -2.29. The minimum atomic E-state index is -0.437. The van der Waals surface area contributed by atoms with Crippen molar-refractivity contribution in [3.63, 3.8) is 0 Å². The molecule has 0 aromatic rings. The third-order valence-corrected chi connectivity index (χ3v) is 4.53. The van der Waals surface area contributed by atoms with Gasteiger partial charge in [-0.25, -0.2) is 0 Å². The van der Waals surface area contributed by atoms with Gasteiger partial charge in [0, 0.05) is 18.2 Å². The van der Waals surface area contributed by atoms with Crippen molar-refractivity contribution in [3.8, 4) is 0 Å². The van der Waals surface area contributed by atoms with Crippen molar-refractivity contribution < 1.29 is 14.3 Å². The third-order valence-electron chi connectivity index (χ3n) is 4.53. The zero-order valence-corrected chi connectivity index (χ0v) is 11.6. The molecule has 2 aliphatic carbocycles. The Morgan fingerprint density at radius 3 is 2.21 bits per heavy atom. The Hall–Kier alpha value is -1.36. The van der Waals surface area contributed by atoms with Gasteiger partial charge in [0.1, 0.15) is 6.10 Å². The van der Waals surface area contributed by atoms with Gasteiger partial charge in [-0.15, -0.1) is 0 Å². The first-order chi connectivity index (χ1) is 8.94. The summed E-state index contributed by atoms with van der Waals surface area (Å²) in [6.45, 7) is 5.22. The van der Waals surface area contributed by atoms with Gasteiger partial charge in [0.25, 0.3) is 0 Å². The van der Waals surface area contributed by atoms with E-state index in [1.165, 1.54) is 13.2 Å². The van der Waals surface area contributed by atoms with Gasteiger partial charge >= 0.3 is 0 Å². The molecule has 2 N–H and O–H groups in total. The maximum Gasteiger partial charge on any atom is 0.249 e. The van der Waals surface area contributed by atoms with Crippen LogP contribution < -0.4 is 10.6 Å². The van der Waals surface area contributed by atoms with E-state index in [2.05, 4.69) is 17.2 Å². The third kappa shape index (κ3) is 2.66. The van der Waals surface area contributed by atoms with Crippen molar-refractivity contribution in [1.29, 1.82) is 0 Å². The zero-order chi connectivity index (χ0) is 14.1. The van der Waals surface area contributed by atoms with Crippen molar-refractivity contribution in [1.82, 2.24) is 10.6 Å². The summed E-state index contributed by atoms with van der Waals surface area (Å²) in [4.78, 5) is 23.5. The van der Waals surface area contributed by atoms with Gasteiger partial charge < -0.3 is 15.4 Å². The van der Waals surface area contributed by atoms with Crippen molar-refractivity contribution in [2.45, 2.75) is 56.2 Å². The highest BCUT2D eigenvalue weighted by Crippen LogP contribution is 2.50. The standard InChI is InChI=1S/C14H22N2O3/c1-4-11(17)15-13-5-7-14(9-13,8-6-13)16-12(18)10(2)19-3/h4,10H,1,5-9H2,2-3H3,(H,15,17)(H,16,18)/t10-,13?,14?/m1/s1. The van der Waals surface area contributed by atoms with Gasteiger partial charge in [-0.05, 0) is 45.1 Å². The van der Waals surface area contributed by atoms with E-state index >= 15 is 0 Å². The van der Waals surface area contributed by atoms with Crippen LogP contribution in [-0.2, 0) is 14.3 Å². The SMILES string of the molecule is C=CC(=O)NC12CCC(NC(=O)[C@@H](C)OC)(CC1)C2. The van der Waals surface area contributed by atoms with E-state index in [1.807, 2.05) is 0 Å². The van der Waals surface area contributed by atoms with Gasteiger partial charge in [-0.1, -0.05) is 6.58 Å². The normalized spacial score (nSPS) is 33.8. The quantitative estimate of drug-likeness (QED) is 0.726. The van der Waals surface area contributed by atoms with E-state index in [0.717, 1.165) is 32.1 Å². The molecule has 0 heterocycles. The van der Waals surface area contributed by atoms with Crippen LogP contribution in [0.4, 0.5) is 0 Å². The molecule has 2 rings (SSSR count). The fraction of sp³-hybridized carbons (Fsp3) is 0.714. The molecule has 5 nitrogen and oxygen atoms in total. The van der Waals surface area contributed by atoms with Crippen LogP contribution in [0.5, 0.6) is 0 Å². The summed E-state index contributed by atoms with van der Waals surface area (Å²) in [6.07, 6.45) is 5.31. The minimum Gasteiger partial charge on any atom is -0.372 e. The minimum absolute atomic E-state index is 0.0738. The number of carbonyl (C=O) groups excluding carboxylic acids is 2. The molecule has 0 saturated heterocycles. The average molecular weight is 266 g/mol. The zero-order valence-electron chi connectivity index (χ0n) is 11.6. The first-order valence-electron chi connectivity index (χ1n) is 6.74. The van der Waals surface area contributed by atoms with Gasteiger partial charge in [0.15, 0.2) is 0 Å². The Bertz CT molecular complexity index is 397. The molecular weight excluding hydrogens is 244 g/mol. The lowest BCUT2D eigenvalue weighted by atomic mass is 9.91. The molecule has 0 aromatic heterocycles. The molecule has 2 amide bonds. The molecular formula is C14H22N2O3. The molecule has 19 heavy (non-hydrogen) atoms. The predicted octanol–water partition coefficient (Wildman–Crippen LogP) is 0.895. The molecule has 0 aliphatic heterocycles. The largest absolute Gasteiger partial charge is 0.372 e. The van der Waals surface area contributed by atoms with Crippen LogP contribution >= 0.6 is 0 Å². The lowest BCUT2D eigenvalue weighted by molar-refractivity contribution is -0.132. The number of fused-ring (bicyclic) bond motifs is 2. The topological polar surface area (TPSA) is 67.4 Å². The molecule has 1 atom stereocenters. The second-order valence-electron chi connectivity index (χ2n) is 5.80. The molecule has 106 valence electrons. The van der Waals surface area contributed by atoms with Crippen LogP contribution in [0.3, 0.4) is 0 Å². The van der Waals surface area contributed by atoms with Crippen LogP contribution in [0.15, 0.2) is 12.7 Å². The fourth-order valence-corrected chi connectivity index (χ4v) is 3.33. The van der Waals surface area contributed by atoms with Gasteiger partial charge in [-0.2, -0.15) is 0 Å². The summed E-state index contributed by atoms with van der Waals surface area (Å²) >= 11 is 0. The summed E-state index contributed by atoms with van der Waals surface area (Å²) in [5.74, 6) is -0.204. The van der Waals surface area contributed by atoms with E-state index in [1.54, 1.807) is 6.92 Å². The lowest BCUT2D eigenvalue weighted by Crippen LogP contribution is -2.49. The van der Waals surface area contributed by atoms with Crippen LogP contribution in [0, 0.1) is 0 Å². The van der Waals surface area contributed by atoms with Crippen LogP contribution in [0.25, 0.3) is 0 Å². The highest BCUT2D eigenvalue weighted by Gasteiger charge is 2.55. The van der Waals surface area contributed by atoms with Crippen molar-refractivity contribution in [3.05, 3.63) is 12.7 Å². The molecule has 2 fully saturated rings. The number of hydrogen-bond acceptors (Lipinski definition) is 3. The highest BCUT2D eigenvalue weighted by atomic mass is 16.5. The second kappa shape index (κ2) is 4.96. The number of rotatable bonds is 5. The smallest absolute Gasteiger partial charge is 0.249 e. The molecule has 2 saturated carbocycles. The molecule has 2 aliphatic rings. The van der Waals surface area contributed by atoms with Gasteiger partial charge in [-0.3, -0.25) is 9.59 Å². The Labute approximate surface area is 113 Å². The molecule has 2 bridgehead atoms. The van der Waals surface area contributed by atoms with Gasteiger partial charge in [0.05, 0.1) is 0 Å². The average Bonchev–Trinajstić information content (AvgIpc) is 2.92. The molecule has 5 heteroatoms. The maximum atomic E-state index is 12.0. The Morgan fingerprint density at radius 2 is 1.74 bits per heavy atom. The fourth-order valence-electron chi connectivity index (χ4n) is 3.33. The first kappa shape index (κ1) is 14.1. The van der Waals surface area contributed by atoms with E-state index in [4.69, 9.17) is 4.74 Å². The van der Waals surface area contributed by atoms with Crippen molar-refractivity contribution in [2.75, 3.05) is 7.11 Å². The Kier molecular flexibility index (Phi) is 3.67. The number of methoxy groups -OCH3 is 1. The molecule has 0 spiro atoms. The Balaban J connectivity index is 2.00.